The maximum atomic E-state index is 10.6. The topological polar surface area (TPSA) is 69.9 Å². The van der Waals surface area contributed by atoms with Gasteiger partial charge in [-0.05, 0) is 58.8 Å². The molecule has 0 aromatic carbocycles. The van der Waals surface area contributed by atoms with E-state index >= 15 is 0 Å². The SMILES string of the molecule is CCCCC[C@](C)(O)/C=C/[C@@H]1[C@@H](C/C=C\CCCC(=P)OC(C)C)[C@@H](O)C[C@H]1O. The van der Waals surface area contributed by atoms with E-state index in [0.717, 1.165) is 56.8 Å². The van der Waals surface area contributed by atoms with Crippen LogP contribution in [0, 0.1) is 11.8 Å². The molecule has 1 aliphatic carbocycles. The van der Waals surface area contributed by atoms with Gasteiger partial charge in [0, 0.05) is 12.3 Å². The number of ether oxygens (including phenoxy) is 1. The summed E-state index contributed by atoms with van der Waals surface area (Å²) in [6, 6.07) is 0. The first-order chi connectivity index (χ1) is 13.7. The number of allylic oxidation sites excluding steroid dienone is 2. The third-order valence-electron chi connectivity index (χ3n) is 5.61. The fourth-order valence-electron chi connectivity index (χ4n) is 3.94. The van der Waals surface area contributed by atoms with Crippen molar-refractivity contribution in [2.24, 2.45) is 11.8 Å². The van der Waals surface area contributed by atoms with Gasteiger partial charge in [-0.3, -0.25) is 0 Å². The van der Waals surface area contributed by atoms with E-state index in [1.807, 2.05) is 32.9 Å². The van der Waals surface area contributed by atoms with Gasteiger partial charge in [-0.1, -0.05) is 59.4 Å². The second-order valence-corrected chi connectivity index (χ2v) is 9.53. The van der Waals surface area contributed by atoms with Crippen LogP contribution in [0.3, 0.4) is 0 Å². The molecule has 5 atom stereocenters. The largest absolute Gasteiger partial charge is 0.393 e. The van der Waals surface area contributed by atoms with Crippen LogP contribution in [-0.4, -0.2) is 44.7 Å². The van der Waals surface area contributed by atoms with Gasteiger partial charge in [0.25, 0.3) is 0 Å². The lowest BCUT2D eigenvalue weighted by Gasteiger charge is -2.23. The van der Waals surface area contributed by atoms with Gasteiger partial charge in [0.2, 0.25) is 0 Å². The summed E-state index contributed by atoms with van der Waals surface area (Å²) in [7, 11) is 3.51. The Kier molecular flexibility index (Phi) is 12.6. The lowest BCUT2D eigenvalue weighted by molar-refractivity contribution is 0.0954. The van der Waals surface area contributed by atoms with Gasteiger partial charge in [-0.15, -0.1) is 0 Å². The number of hydrogen-bond donors (Lipinski definition) is 3. The molecule has 168 valence electrons. The zero-order valence-corrected chi connectivity index (χ0v) is 19.8. The molecule has 1 saturated carbocycles. The minimum Gasteiger partial charge on any atom is -0.393 e. The van der Waals surface area contributed by atoms with E-state index in [-0.39, 0.29) is 17.9 Å². The fraction of sp³-hybridized carbons (Fsp3) is 0.792. The summed E-state index contributed by atoms with van der Waals surface area (Å²) < 4.78 is 5.58. The molecular weight excluding hydrogens is 383 g/mol. The first-order valence-electron chi connectivity index (χ1n) is 11.3. The lowest BCUT2D eigenvalue weighted by atomic mass is 9.88. The molecule has 0 bridgehead atoms. The monoisotopic (exact) mass is 426 g/mol. The number of hydrogen-bond acceptors (Lipinski definition) is 4. The molecule has 5 heteroatoms. The molecule has 3 N–H and O–H groups in total. The van der Waals surface area contributed by atoms with Crippen LogP contribution in [0.25, 0.3) is 0 Å². The van der Waals surface area contributed by atoms with Crippen molar-refractivity contribution in [3.63, 3.8) is 0 Å². The first-order valence-corrected chi connectivity index (χ1v) is 11.8. The Balaban J connectivity index is 2.49. The fourth-order valence-corrected chi connectivity index (χ4v) is 4.35. The summed E-state index contributed by atoms with van der Waals surface area (Å²) in [5.74, 6) is -0.125. The molecule has 0 radical (unpaired) electrons. The van der Waals surface area contributed by atoms with Gasteiger partial charge in [0.15, 0.2) is 0 Å². The molecule has 0 heterocycles. The minimum atomic E-state index is -0.857. The van der Waals surface area contributed by atoms with Crippen LogP contribution >= 0.6 is 8.86 Å². The van der Waals surface area contributed by atoms with E-state index in [9.17, 15) is 15.3 Å². The van der Waals surface area contributed by atoms with Crippen molar-refractivity contribution in [3.8, 4) is 0 Å². The van der Waals surface area contributed by atoms with Crippen LogP contribution in [0.2, 0.25) is 0 Å². The van der Waals surface area contributed by atoms with E-state index < -0.39 is 17.8 Å². The van der Waals surface area contributed by atoms with Gasteiger partial charge in [-0.25, -0.2) is 0 Å². The minimum absolute atomic E-state index is 0.00820. The third-order valence-corrected chi connectivity index (χ3v) is 5.98. The Labute approximate surface area is 180 Å². The van der Waals surface area contributed by atoms with Crippen molar-refractivity contribution in [1.29, 1.82) is 0 Å². The third kappa shape index (κ3) is 10.9. The Morgan fingerprint density at radius 2 is 1.90 bits per heavy atom. The molecule has 0 aromatic rings. The highest BCUT2D eigenvalue weighted by molar-refractivity contribution is 7.20. The van der Waals surface area contributed by atoms with Crippen LogP contribution < -0.4 is 0 Å². The van der Waals surface area contributed by atoms with Gasteiger partial charge >= 0.3 is 0 Å². The summed E-state index contributed by atoms with van der Waals surface area (Å²) in [6.45, 7) is 7.99. The Morgan fingerprint density at radius 3 is 2.55 bits per heavy atom. The predicted molar refractivity (Wildman–Crippen MR) is 125 cm³/mol. The van der Waals surface area contributed by atoms with Gasteiger partial charge < -0.3 is 20.1 Å². The van der Waals surface area contributed by atoms with Crippen LogP contribution in [0.15, 0.2) is 24.3 Å². The number of aliphatic hydroxyl groups excluding tert-OH is 2. The van der Waals surface area contributed by atoms with Crippen molar-refractivity contribution in [1.82, 2.24) is 0 Å². The highest BCUT2D eigenvalue weighted by Crippen LogP contribution is 2.37. The van der Waals surface area contributed by atoms with E-state index in [1.54, 1.807) is 0 Å². The quantitative estimate of drug-likeness (QED) is 0.207. The average Bonchev–Trinajstić information content (AvgIpc) is 2.88. The predicted octanol–water partition coefficient (Wildman–Crippen LogP) is 5.05. The Hall–Kier alpha value is -0.510. The molecule has 0 aromatic heterocycles. The first kappa shape index (κ1) is 26.5. The van der Waals surface area contributed by atoms with Gasteiger partial charge in [-0.2, -0.15) is 0 Å². The standard InChI is InChI=1S/C24H43O4P/c1-5-6-11-15-24(4,27)16-14-20-19(21(25)17-22(20)26)12-9-7-8-10-13-23(29)28-18(2)3/h7,9,14,16,18-22,25-27,29H,5-6,8,10-13,15,17H2,1-4H3/b9-7-,16-14+/t19-,20-,21+,22-,24+/m1/s1. The summed E-state index contributed by atoms with van der Waals surface area (Å²) in [4.78, 5) is 0. The molecular formula is C24H43O4P. The van der Waals surface area contributed by atoms with E-state index in [1.165, 1.54) is 0 Å². The highest BCUT2D eigenvalue weighted by atomic mass is 31.0. The van der Waals surface area contributed by atoms with Crippen molar-refractivity contribution >= 4 is 14.3 Å². The zero-order valence-electron chi connectivity index (χ0n) is 18.8. The summed E-state index contributed by atoms with van der Waals surface area (Å²) >= 11 is 0. The van der Waals surface area contributed by atoms with Gasteiger partial charge in [0.05, 0.1) is 29.4 Å². The molecule has 4 nitrogen and oxygen atoms in total. The van der Waals surface area contributed by atoms with Crippen molar-refractivity contribution < 1.29 is 20.1 Å². The molecule has 1 rings (SSSR count). The number of unbranched alkanes of at least 4 members (excludes halogenated alkanes) is 3. The van der Waals surface area contributed by atoms with Crippen LogP contribution in [0.4, 0.5) is 0 Å². The lowest BCUT2D eigenvalue weighted by Crippen LogP contribution is -2.24. The summed E-state index contributed by atoms with van der Waals surface area (Å²) in [6.07, 6.45) is 15.1. The Bertz CT molecular complexity index is 527. The molecule has 0 unspecified atom stereocenters. The van der Waals surface area contributed by atoms with Crippen molar-refractivity contribution in [2.45, 2.75) is 109 Å². The number of aliphatic hydroxyl groups is 3. The van der Waals surface area contributed by atoms with Crippen LogP contribution in [0.1, 0.15) is 85.5 Å². The average molecular weight is 427 g/mol. The Morgan fingerprint density at radius 1 is 1.17 bits per heavy atom. The number of rotatable bonds is 14. The second kappa shape index (κ2) is 13.7. The summed E-state index contributed by atoms with van der Waals surface area (Å²) in [5.41, 5.74) is 0.0313. The molecule has 0 saturated heterocycles. The maximum Gasteiger partial charge on any atom is 0.0799 e. The second-order valence-electron chi connectivity index (χ2n) is 8.97. The van der Waals surface area contributed by atoms with Crippen LogP contribution in [0.5, 0.6) is 0 Å². The van der Waals surface area contributed by atoms with E-state index in [2.05, 4.69) is 27.9 Å². The van der Waals surface area contributed by atoms with Crippen molar-refractivity contribution in [3.05, 3.63) is 24.3 Å². The van der Waals surface area contributed by atoms with Gasteiger partial charge in [0.1, 0.15) is 0 Å². The van der Waals surface area contributed by atoms with Crippen molar-refractivity contribution in [2.75, 3.05) is 0 Å². The maximum absolute atomic E-state index is 10.6. The molecule has 0 aliphatic heterocycles. The highest BCUT2D eigenvalue weighted by Gasteiger charge is 2.39. The zero-order chi connectivity index (χ0) is 21.9. The molecule has 0 amide bonds. The van der Waals surface area contributed by atoms with Crippen LogP contribution in [-0.2, 0) is 4.74 Å². The normalized spacial score (nSPS) is 27.3. The molecule has 29 heavy (non-hydrogen) atoms. The van der Waals surface area contributed by atoms with E-state index in [4.69, 9.17) is 4.74 Å². The molecule has 1 fully saturated rings. The molecule has 1 aliphatic rings. The smallest absolute Gasteiger partial charge is 0.0799 e. The molecule has 0 spiro atoms. The van der Waals surface area contributed by atoms with E-state index in [0.29, 0.717) is 6.42 Å². The summed E-state index contributed by atoms with van der Waals surface area (Å²) in [5, 5.41) is 31.3.